The number of H-pyrrole nitrogens is 1. The number of benzene rings is 1. The number of hydrogen-bond acceptors (Lipinski definition) is 6. The molecule has 0 atom stereocenters. The van der Waals surface area contributed by atoms with Crippen LogP contribution in [-0.4, -0.2) is 47.3 Å². The molecule has 140 valence electrons. The van der Waals surface area contributed by atoms with E-state index in [-0.39, 0.29) is 0 Å². The Labute approximate surface area is 158 Å². The van der Waals surface area contributed by atoms with E-state index in [1.54, 1.807) is 0 Å². The first-order valence-electron chi connectivity index (χ1n) is 9.67. The highest BCUT2D eigenvalue weighted by molar-refractivity contribution is 5.88. The summed E-state index contributed by atoms with van der Waals surface area (Å²) in [6.07, 6.45) is 5.62. The van der Waals surface area contributed by atoms with E-state index in [9.17, 15) is 0 Å². The summed E-state index contributed by atoms with van der Waals surface area (Å²) in [5.74, 6) is 1.50. The van der Waals surface area contributed by atoms with E-state index in [0.717, 1.165) is 48.8 Å². The number of nitrogens with zero attached hydrogens (tertiary/aromatic N) is 3. The lowest BCUT2D eigenvalue weighted by Gasteiger charge is -2.29. The molecule has 0 bridgehead atoms. The van der Waals surface area contributed by atoms with Crippen LogP contribution in [0.2, 0.25) is 0 Å². The third-order valence-corrected chi connectivity index (χ3v) is 5.36. The fourth-order valence-corrected chi connectivity index (χ4v) is 3.56. The van der Waals surface area contributed by atoms with Crippen molar-refractivity contribution in [1.29, 1.82) is 0 Å². The van der Waals surface area contributed by atoms with Crippen LogP contribution in [-0.2, 0) is 4.74 Å². The van der Waals surface area contributed by atoms with Gasteiger partial charge in [-0.2, -0.15) is 9.97 Å². The largest absolute Gasteiger partial charge is 0.378 e. The third-order valence-electron chi connectivity index (χ3n) is 5.36. The average molecular weight is 364 g/mol. The number of aromatic nitrogens is 3. The van der Waals surface area contributed by atoms with Gasteiger partial charge in [-0.25, -0.2) is 0 Å². The van der Waals surface area contributed by atoms with Crippen LogP contribution < -0.4 is 15.5 Å². The Morgan fingerprint density at radius 2 is 1.85 bits per heavy atom. The summed E-state index contributed by atoms with van der Waals surface area (Å²) in [5.41, 5.74) is 3.05. The van der Waals surface area contributed by atoms with E-state index in [0.29, 0.717) is 12.0 Å². The van der Waals surface area contributed by atoms with Crippen molar-refractivity contribution in [2.45, 2.75) is 25.3 Å². The van der Waals surface area contributed by atoms with E-state index >= 15 is 0 Å². The van der Waals surface area contributed by atoms with Crippen LogP contribution in [0, 0.1) is 0 Å². The Bertz CT molecular complexity index is 912. The van der Waals surface area contributed by atoms with Crippen LogP contribution in [0.3, 0.4) is 0 Å². The maximum atomic E-state index is 5.42. The van der Waals surface area contributed by atoms with Crippen molar-refractivity contribution in [3.05, 3.63) is 36.5 Å². The Balaban J connectivity index is 1.35. The molecule has 1 aromatic carbocycles. The van der Waals surface area contributed by atoms with Gasteiger partial charge < -0.3 is 25.3 Å². The standard InChI is InChI=1S/C20H24N6O/c1-2-14(3-1)22-19-17-8-9-21-18(17)24-20(25-19)23-15-4-6-16(7-5-15)26-10-12-27-13-11-26/h4-9,14H,1-3,10-13H2,(H3,21,22,23,24,25). The van der Waals surface area contributed by atoms with Crippen LogP contribution >= 0.6 is 0 Å². The minimum Gasteiger partial charge on any atom is -0.378 e. The molecule has 3 heterocycles. The first-order chi connectivity index (χ1) is 13.3. The quantitative estimate of drug-likeness (QED) is 0.643. The molecule has 3 aromatic rings. The van der Waals surface area contributed by atoms with Gasteiger partial charge in [0.05, 0.1) is 18.6 Å². The molecule has 0 amide bonds. The Morgan fingerprint density at radius 1 is 1.04 bits per heavy atom. The van der Waals surface area contributed by atoms with Crippen LogP contribution in [0.4, 0.5) is 23.1 Å². The van der Waals surface area contributed by atoms with Crippen molar-refractivity contribution < 1.29 is 4.74 Å². The van der Waals surface area contributed by atoms with Crippen LogP contribution in [0.25, 0.3) is 11.0 Å². The number of aromatic amines is 1. The zero-order valence-electron chi connectivity index (χ0n) is 15.2. The summed E-state index contributed by atoms with van der Waals surface area (Å²) in [5, 5.41) is 7.93. The number of rotatable bonds is 5. The predicted octanol–water partition coefficient (Wildman–Crippen LogP) is 3.50. The molecule has 0 unspecified atom stereocenters. The van der Waals surface area contributed by atoms with Crippen LogP contribution in [0.5, 0.6) is 0 Å². The van der Waals surface area contributed by atoms with E-state index in [1.807, 2.05) is 12.3 Å². The molecule has 2 aliphatic rings. The van der Waals surface area contributed by atoms with Crippen molar-refractivity contribution in [1.82, 2.24) is 15.0 Å². The fourth-order valence-electron chi connectivity index (χ4n) is 3.56. The van der Waals surface area contributed by atoms with Gasteiger partial charge in [0.2, 0.25) is 5.95 Å². The highest BCUT2D eigenvalue weighted by Crippen LogP contribution is 2.28. The average Bonchev–Trinajstić information content (AvgIpc) is 3.15. The Morgan fingerprint density at radius 3 is 2.59 bits per heavy atom. The monoisotopic (exact) mass is 364 g/mol. The van der Waals surface area contributed by atoms with Gasteiger partial charge >= 0.3 is 0 Å². The maximum Gasteiger partial charge on any atom is 0.231 e. The summed E-state index contributed by atoms with van der Waals surface area (Å²) >= 11 is 0. The first kappa shape index (κ1) is 16.4. The lowest BCUT2D eigenvalue weighted by Crippen LogP contribution is -2.36. The predicted molar refractivity (Wildman–Crippen MR) is 108 cm³/mol. The van der Waals surface area contributed by atoms with Crippen molar-refractivity contribution in [3.63, 3.8) is 0 Å². The van der Waals surface area contributed by atoms with Gasteiger partial charge in [0, 0.05) is 36.7 Å². The van der Waals surface area contributed by atoms with Crippen LogP contribution in [0.1, 0.15) is 19.3 Å². The van der Waals surface area contributed by atoms with Gasteiger partial charge in [0.15, 0.2) is 0 Å². The number of morpholine rings is 1. The lowest BCUT2D eigenvalue weighted by molar-refractivity contribution is 0.122. The second-order valence-corrected chi connectivity index (χ2v) is 7.18. The smallest absolute Gasteiger partial charge is 0.231 e. The first-order valence-corrected chi connectivity index (χ1v) is 9.67. The van der Waals surface area contributed by atoms with E-state index in [4.69, 9.17) is 9.72 Å². The number of fused-ring (bicyclic) bond motifs is 1. The van der Waals surface area contributed by atoms with Gasteiger partial charge in [-0.3, -0.25) is 0 Å². The van der Waals surface area contributed by atoms with Crippen molar-refractivity contribution in [2.24, 2.45) is 0 Å². The maximum absolute atomic E-state index is 5.42. The second kappa shape index (κ2) is 7.08. The minimum absolute atomic E-state index is 0.527. The van der Waals surface area contributed by atoms with E-state index in [2.05, 4.69) is 49.8 Å². The minimum atomic E-state index is 0.527. The van der Waals surface area contributed by atoms with E-state index < -0.39 is 0 Å². The second-order valence-electron chi connectivity index (χ2n) is 7.18. The van der Waals surface area contributed by atoms with Gasteiger partial charge in [0.25, 0.3) is 0 Å². The topological polar surface area (TPSA) is 78.1 Å². The van der Waals surface area contributed by atoms with Crippen LogP contribution in [0.15, 0.2) is 36.5 Å². The van der Waals surface area contributed by atoms with Crippen molar-refractivity contribution >= 4 is 34.2 Å². The molecule has 7 nitrogen and oxygen atoms in total. The number of nitrogens with one attached hydrogen (secondary N) is 3. The molecule has 2 aromatic heterocycles. The number of hydrogen-bond donors (Lipinski definition) is 3. The number of ether oxygens (including phenoxy) is 1. The molecule has 0 spiro atoms. The molecule has 27 heavy (non-hydrogen) atoms. The normalized spacial score (nSPS) is 17.7. The highest BCUT2D eigenvalue weighted by Gasteiger charge is 2.19. The molecule has 1 saturated carbocycles. The summed E-state index contributed by atoms with van der Waals surface area (Å²) in [6, 6.07) is 11.0. The number of anilines is 4. The molecule has 7 heteroatoms. The molecule has 0 radical (unpaired) electrons. The van der Waals surface area contributed by atoms with E-state index in [1.165, 1.54) is 24.9 Å². The molecule has 2 fully saturated rings. The van der Waals surface area contributed by atoms with Gasteiger partial charge in [-0.15, -0.1) is 0 Å². The highest BCUT2D eigenvalue weighted by atomic mass is 16.5. The van der Waals surface area contributed by atoms with Gasteiger partial charge in [-0.1, -0.05) is 0 Å². The summed E-state index contributed by atoms with van der Waals surface area (Å²) in [7, 11) is 0. The van der Waals surface area contributed by atoms with Gasteiger partial charge in [-0.05, 0) is 49.6 Å². The zero-order valence-corrected chi connectivity index (χ0v) is 15.2. The van der Waals surface area contributed by atoms with Crippen molar-refractivity contribution in [2.75, 3.05) is 41.8 Å². The lowest BCUT2D eigenvalue weighted by atomic mass is 9.93. The molecular formula is C20H24N6O. The van der Waals surface area contributed by atoms with Gasteiger partial charge in [0.1, 0.15) is 11.5 Å². The zero-order chi connectivity index (χ0) is 18.1. The summed E-state index contributed by atoms with van der Waals surface area (Å²) in [4.78, 5) is 14.9. The fraction of sp³-hybridized carbons (Fsp3) is 0.400. The van der Waals surface area contributed by atoms with Crippen molar-refractivity contribution in [3.8, 4) is 0 Å². The molecular weight excluding hydrogens is 340 g/mol. The Kier molecular flexibility index (Phi) is 4.29. The molecule has 1 aliphatic carbocycles. The summed E-state index contributed by atoms with van der Waals surface area (Å²) in [6.45, 7) is 3.46. The molecule has 3 N–H and O–H groups in total. The SMILES string of the molecule is c1cc2c(NC3CCC3)nc(Nc3ccc(N4CCOCC4)cc3)nc2[nH]1. The summed E-state index contributed by atoms with van der Waals surface area (Å²) < 4.78 is 5.42. The third kappa shape index (κ3) is 3.42. The molecule has 1 saturated heterocycles. The molecule has 5 rings (SSSR count). The Hall–Kier alpha value is -2.80. The molecule has 1 aliphatic heterocycles.